The first-order valence-corrected chi connectivity index (χ1v) is 7.71. The standard InChI is InChI=1S/C15H17N3O2S/c16-15(19)11-6-8-18(9-11)10-12-4-5-14(20-12)21-13-3-1-2-7-17-13/h1-5,7,11H,6,8-10H2,(H2,16,19)/t11-/m1/s1. The number of likely N-dealkylation sites (tertiary alicyclic amines) is 1. The fraction of sp³-hybridized carbons (Fsp3) is 0.333. The summed E-state index contributed by atoms with van der Waals surface area (Å²) in [5, 5.41) is 1.74. The molecule has 1 aliphatic heterocycles. The predicted molar refractivity (Wildman–Crippen MR) is 79.6 cm³/mol. The van der Waals surface area contributed by atoms with Crippen LogP contribution in [0.15, 0.2) is 51.1 Å². The number of hydrogen-bond donors (Lipinski definition) is 1. The van der Waals surface area contributed by atoms with E-state index in [-0.39, 0.29) is 11.8 Å². The molecule has 1 fully saturated rings. The van der Waals surface area contributed by atoms with Crippen LogP contribution in [-0.4, -0.2) is 28.9 Å². The number of nitrogens with zero attached hydrogens (tertiary/aromatic N) is 2. The molecular formula is C15H17N3O2S. The van der Waals surface area contributed by atoms with Gasteiger partial charge in [0.05, 0.1) is 12.5 Å². The Morgan fingerprint density at radius 2 is 2.33 bits per heavy atom. The van der Waals surface area contributed by atoms with Gasteiger partial charge in [-0.15, -0.1) is 0 Å². The van der Waals surface area contributed by atoms with Crippen LogP contribution >= 0.6 is 11.8 Å². The maximum absolute atomic E-state index is 11.2. The minimum atomic E-state index is -0.205. The van der Waals surface area contributed by atoms with Gasteiger partial charge >= 0.3 is 0 Å². The Labute approximate surface area is 127 Å². The summed E-state index contributed by atoms with van der Waals surface area (Å²) in [6.07, 6.45) is 2.60. The van der Waals surface area contributed by atoms with Gasteiger partial charge in [0.15, 0.2) is 5.09 Å². The van der Waals surface area contributed by atoms with Crippen LogP contribution in [0.3, 0.4) is 0 Å². The van der Waals surface area contributed by atoms with Crippen molar-refractivity contribution in [1.82, 2.24) is 9.88 Å². The summed E-state index contributed by atoms with van der Waals surface area (Å²) in [6.45, 7) is 2.32. The Kier molecular flexibility index (Phi) is 4.26. The third kappa shape index (κ3) is 3.65. The molecule has 6 heteroatoms. The van der Waals surface area contributed by atoms with Crippen molar-refractivity contribution in [2.75, 3.05) is 13.1 Å². The highest BCUT2D eigenvalue weighted by Crippen LogP contribution is 2.28. The zero-order valence-electron chi connectivity index (χ0n) is 11.6. The minimum Gasteiger partial charge on any atom is -0.453 e. The first-order chi connectivity index (χ1) is 10.2. The van der Waals surface area contributed by atoms with E-state index in [1.165, 1.54) is 11.8 Å². The van der Waals surface area contributed by atoms with Gasteiger partial charge in [-0.2, -0.15) is 0 Å². The highest BCUT2D eigenvalue weighted by atomic mass is 32.2. The first-order valence-electron chi connectivity index (χ1n) is 6.90. The number of pyridine rings is 1. The number of amides is 1. The van der Waals surface area contributed by atoms with Crippen molar-refractivity contribution in [1.29, 1.82) is 0 Å². The lowest BCUT2D eigenvalue weighted by Gasteiger charge is -2.13. The molecule has 0 spiro atoms. The number of carbonyl (C=O) groups excluding carboxylic acids is 1. The molecule has 0 bridgehead atoms. The molecule has 0 aromatic carbocycles. The number of carbonyl (C=O) groups is 1. The highest BCUT2D eigenvalue weighted by molar-refractivity contribution is 7.99. The van der Waals surface area contributed by atoms with Gasteiger partial charge < -0.3 is 10.2 Å². The SMILES string of the molecule is NC(=O)[C@@H]1CCN(Cc2ccc(Sc3ccccn3)o2)C1. The molecule has 0 unspecified atom stereocenters. The second-order valence-corrected chi connectivity index (χ2v) is 6.14. The summed E-state index contributed by atoms with van der Waals surface area (Å²) >= 11 is 1.50. The van der Waals surface area contributed by atoms with Gasteiger partial charge in [-0.05, 0) is 49.0 Å². The molecule has 1 saturated heterocycles. The fourth-order valence-electron chi connectivity index (χ4n) is 2.44. The van der Waals surface area contributed by atoms with Crippen molar-refractivity contribution >= 4 is 17.7 Å². The van der Waals surface area contributed by atoms with Crippen molar-refractivity contribution in [2.45, 2.75) is 23.1 Å². The molecule has 1 aliphatic rings. The molecule has 110 valence electrons. The quantitative estimate of drug-likeness (QED) is 0.916. The topological polar surface area (TPSA) is 72.4 Å². The van der Waals surface area contributed by atoms with Crippen LogP contribution in [0.25, 0.3) is 0 Å². The first kappa shape index (κ1) is 14.2. The lowest BCUT2D eigenvalue weighted by Crippen LogP contribution is -2.27. The van der Waals surface area contributed by atoms with E-state index in [9.17, 15) is 4.79 Å². The summed E-state index contributed by atoms with van der Waals surface area (Å²) in [6, 6.07) is 9.72. The number of furan rings is 1. The van der Waals surface area contributed by atoms with Crippen molar-refractivity contribution < 1.29 is 9.21 Å². The molecule has 1 atom stereocenters. The van der Waals surface area contributed by atoms with Crippen LogP contribution in [0.4, 0.5) is 0 Å². The molecule has 2 aromatic heterocycles. The van der Waals surface area contributed by atoms with Gasteiger partial charge in [-0.25, -0.2) is 4.98 Å². The van der Waals surface area contributed by atoms with Crippen molar-refractivity contribution in [3.05, 3.63) is 42.3 Å². The molecule has 2 aromatic rings. The van der Waals surface area contributed by atoms with E-state index < -0.39 is 0 Å². The molecule has 21 heavy (non-hydrogen) atoms. The van der Waals surface area contributed by atoms with E-state index >= 15 is 0 Å². The fourth-order valence-corrected chi connectivity index (χ4v) is 3.19. The average Bonchev–Trinajstić information content (AvgIpc) is 3.10. The summed E-state index contributed by atoms with van der Waals surface area (Å²) < 4.78 is 5.81. The number of aromatic nitrogens is 1. The average molecular weight is 303 g/mol. The van der Waals surface area contributed by atoms with Gasteiger partial charge in [0, 0.05) is 12.7 Å². The third-order valence-corrected chi connectivity index (χ3v) is 4.41. The molecule has 0 aliphatic carbocycles. The largest absolute Gasteiger partial charge is 0.453 e. The predicted octanol–water partition coefficient (Wildman–Crippen LogP) is 2.13. The van der Waals surface area contributed by atoms with Gasteiger partial charge in [-0.3, -0.25) is 9.69 Å². The number of primary amides is 1. The molecule has 0 radical (unpaired) electrons. The van der Waals surface area contributed by atoms with Crippen molar-refractivity contribution in [2.24, 2.45) is 11.7 Å². The Balaban J connectivity index is 1.57. The van der Waals surface area contributed by atoms with Crippen LogP contribution in [0.2, 0.25) is 0 Å². The summed E-state index contributed by atoms with van der Waals surface area (Å²) in [7, 11) is 0. The zero-order chi connectivity index (χ0) is 14.7. The van der Waals surface area contributed by atoms with Crippen LogP contribution in [0, 0.1) is 5.92 Å². The van der Waals surface area contributed by atoms with E-state index in [1.807, 2.05) is 30.3 Å². The molecule has 3 heterocycles. The number of hydrogen-bond acceptors (Lipinski definition) is 5. The maximum atomic E-state index is 11.2. The third-order valence-electron chi connectivity index (χ3n) is 3.53. The van der Waals surface area contributed by atoms with Crippen molar-refractivity contribution in [3.63, 3.8) is 0 Å². The lowest BCUT2D eigenvalue weighted by molar-refractivity contribution is -0.121. The van der Waals surface area contributed by atoms with E-state index in [0.29, 0.717) is 6.54 Å². The second kappa shape index (κ2) is 6.32. The maximum Gasteiger partial charge on any atom is 0.221 e. The molecule has 0 saturated carbocycles. The number of rotatable bonds is 5. The van der Waals surface area contributed by atoms with Crippen LogP contribution < -0.4 is 5.73 Å². The lowest BCUT2D eigenvalue weighted by atomic mass is 10.1. The van der Waals surface area contributed by atoms with Gasteiger partial charge in [0.1, 0.15) is 10.8 Å². The summed E-state index contributed by atoms with van der Waals surface area (Å²) in [5.74, 6) is 0.671. The second-order valence-electron chi connectivity index (χ2n) is 5.11. The zero-order valence-corrected chi connectivity index (χ0v) is 12.4. The van der Waals surface area contributed by atoms with Crippen LogP contribution in [-0.2, 0) is 11.3 Å². The molecule has 3 rings (SSSR count). The Bertz CT molecular complexity index is 614. The molecular weight excluding hydrogens is 286 g/mol. The van der Waals surface area contributed by atoms with Crippen LogP contribution in [0.5, 0.6) is 0 Å². The van der Waals surface area contributed by atoms with Crippen LogP contribution in [0.1, 0.15) is 12.2 Å². The van der Waals surface area contributed by atoms with Gasteiger partial charge in [0.25, 0.3) is 0 Å². The van der Waals surface area contributed by atoms with Gasteiger partial charge in [0.2, 0.25) is 5.91 Å². The molecule has 2 N–H and O–H groups in total. The van der Waals surface area contributed by atoms with Gasteiger partial charge in [-0.1, -0.05) is 6.07 Å². The molecule has 1 amide bonds. The normalized spacial score (nSPS) is 19.0. The number of nitrogens with two attached hydrogens (primary N) is 1. The summed E-state index contributed by atoms with van der Waals surface area (Å²) in [5.41, 5.74) is 5.34. The van der Waals surface area contributed by atoms with E-state index in [2.05, 4.69) is 9.88 Å². The molecule has 5 nitrogen and oxygen atoms in total. The van der Waals surface area contributed by atoms with Crippen molar-refractivity contribution in [3.8, 4) is 0 Å². The monoisotopic (exact) mass is 303 g/mol. The van der Waals surface area contributed by atoms with E-state index in [0.717, 1.165) is 35.4 Å². The Morgan fingerprint density at radius 1 is 1.43 bits per heavy atom. The minimum absolute atomic E-state index is 0.0256. The highest BCUT2D eigenvalue weighted by Gasteiger charge is 2.26. The van der Waals surface area contributed by atoms with E-state index in [4.69, 9.17) is 10.2 Å². The van der Waals surface area contributed by atoms with E-state index in [1.54, 1.807) is 6.20 Å². The summed E-state index contributed by atoms with van der Waals surface area (Å²) in [4.78, 5) is 17.6. The Morgan fingerprint density at radius 3 is 3.05 bits per heavy atom. The smallest absolute Gasteiger partial charge is 0.221 e. The Hall–Kier alpha value is -1.79.